The molecule has 0 saturated heterocycles. The van der Waals surface area contributed by atoms with Crippen LogP contribution in [-0.2, 0) is 4.79 Å². The number of carbonyl (C=O) groups excluding carboxylic acids is 2. The molecule has 0 bridgehead atoms. The smallest absolute Gasteiger partial charge is 0.224 e. The fraction of sp³-hybridized carbons (Fsp3) is 0.176. The molecule has 2 aromatic rings. The van der Waals surface area contributed by atoms with E-state index in [1.165, 1.54) is 0 Å². The number of Topliss-reactive ketones (excluding diaryl/α,β-unsaturated/α-hetero) is 1. The quantitative estimate of drug-likeness (QED) is 0.854. The molecule has 0 radical (unpaired) electrons. The summed E-state index contributed by atoms with van der Waals surface area (Å²) in [6.45, 7) is 3.38. The molecule has 0 aliphatic carbocycles. The van der Waals surface area contributed by atoms with Gasteiger partial charge >= 0.3 is 0 Å². The summed E-state index contributed by atoms with van der Waals surface area (Å²) >= 11 is 0. The highest BCUT2D eigenvalue weighted by Crippen LogP contribution is 2.22. The van der Waals surface area contributed by atoms with Crippen LogP contribution in [0.2, 0.25) is 0 Å². The van der Waals surface area contributed by atoms with Crippen molar-refractivity contribution in [1.29, 1.82) is 0 Å². The predicted octanol–water partition coefficient (Wildman–Crippen LogP) is 3.90. The van der Waals surface area contributed by atoms with E-state index in [4.69, 9.17) is 0 Å². The zero-order chi connectivity index (χ0) is 14.5. The van der Waals surface area contributed by atoms with Crippen molar-refractivity contribution in [2.75, 3.05) is 5.32 Å². The number of nitrogens with one attached hydrogen (secondary N) is 1. The maximum absolute atomic E-state index is 11.3. The first-order chi connectivity index (χ1) is 9.60. The van der Waals surface area contributed by atoms with E-state index in [0.29, 0.717) is 12.0 Å². The summed E-state index contributed by atoms with van der Waals surface area (Å²) in [7, 11) is 0. The normalized spacial score (nSPS) is 10.1. The van der Waals surface area contributed by atoms with E-state index in [-0.39, 0.29) is 11.7 Å². The Balaban J connectivity index is 2.17. The first-order valence-electron chi connectivity index (χ1n) is 6.61. The van der Waals surface area contributed by atoms with Gasteiger partial charge in [0, 0.05) is 17.7 Å². The number of rotatable bonds is 4. The van der Waals surface area contributed by atoms with E-state index in [1.54, 1.807) is 6.92 Å². The SMILES string of the molecule is CCC(=O)Nc1ccc(-c2ccc(C(C)=O)cc2)cc1. The highest BCUT2D eigenvalue weighted by Gasteiger charge is 2.02. The average molecular weight is 267 g/mol. The summed E-state index contributed by atoms with van der Waals surface area (Å²) < 4.78 is 0. The molecule has 0 saturated carbocycles. The van der Waals surface area contributed by atoms with Gasteiger partial charge < -0.3 is 5.32 Å². The monoisotopic (exact) mass is 267 g/mol. The Bertz CT molecular complexity index is 612. The minimum atomic E-state index is 0.00330. The second-order valence-electron chi connectivity index (χ2n) is 4.61. The van der Waals surface area contributed by atoms with Crippen LogP contribution in [0, 0.1) is 0 Å². The zero-order valence-corrected chi connectivity index (χ0v) is 11.6. The van der Waals surface area contributed by atoms with Crippen molar-refractivity contribution in [1.82, 2.24) is 0 Å². The Morgan fingerprint density at radius 3 is 1.85 bits per heavy atom. The van der Waals surface area contributed by atoms with Crippen molar-refractivity contribution < 1.29 is 9.59 Å². The van der Waals surface area contributed by atoms with Crippen molar-refractivity contribution >= 4 is 17.4 Å². The summed E-state index contributed by atoms with van der Waals surface area (Å²) in [6.07, 6.45) is 0.467. The standard InChI is InChI=1S/C17H17NO2/c1-3-17(20)18-16-10-8-15(9-11-16)14-6-4-13(5-7-14)12(2)19/h4-11H,3H2,1-2H3,(H,18,20). The van der Waals surface area contributed by atoms with Crippen molar-refractivity contribution in [3.63, 3.8) is 0 Å². The van der Waals surface area contributed by atoms with E-state index in [2.05, 4.69) is 5.32 Å². The van der Waals surface area contributed by atoms with Crippen LogP contribution in [0.15, 0.2) is 48.5 Å². The fourth-order valence-electron chi connectivity index (χ4n) is 1.89. The summed E-state index contributed by atoms with van der Waals surface area (Å²) in [5, 5.41) is 2.81. The molecule has 20 heavy (non-hydrogen) atoms. The number of carbonyl (C=O) groups is 2. The van der Waals surface area contributed by atoms with Gasteiger partial charge in [-0.1, -0.05) is 43.3 Å². The van der Waals surface area contributed by atoms with Gasteiger partial charge in [-0.15, -0.1) is 0 Å². The Morgan fingerprint density at radius 1 is 0.900 bits per heavy atom. The third kappa shape index (κ3) is 3.32. The molecule has 2 aromatic carbocycles. The van der Waals surface area contributed by atoms with Crippen LogP contribution in [0.1, 0.15) is 30.6 Å². The van der Waals surface area contributed by atoms with Gasteiger partial charge in [0.15, 0.2) is 5.78 Å². The van der Waals surface area contributed by atoms with Crippen molar-refractivity contribution in [3.8, 4) is 11.1 Å². The van der Waals surface area contributed by atoms with E-state index < -0.39 is 0 Å². The second-order valence-corrected chi connectivity index (χ2v) is 4.61. The Kier molecular flexibility index (Phi) is 4.31. The summed E-state index contributed by atoms with van der Waals surface area (Å²) in [5.41, 5.74) is 3.60. The lowest BCUT2D eigenvalue weighted by Gasteiger charge is -2.06. The molecule has 0 aromatic heterocycles. The largest absolute Gasteiger partial charge is 0.326 e. The molecule has 0 aliphatic rings. The molecule has 3 heteroatoms. The van der Waals surface area contributed by atoms with Crippen LogP contribution in [0.25, 0.3) is 11.1 Å². The number of amides is 1. The second kappa shape index (κ2) is 6.15. The van der Waals surface area contributed by atoms with Gasteiger partial charge in [-0.3, -0.25) is 9.59 Å². The molecule has 102 valence electrons. The van der Waals surface area contributed by atoms with E-state index in [9.17, 15) is 9.59 Å². The van der Waals surface area contributed by atoms with Gasteiger partial charge in [0.2, 0.25) is 5.91 Å². The van der Waals surface area contributed by atoms with Crippen LogP contribution in [0.4, 0.5) is 5.69 Å². The van der Waals surface area contributed by atoms with Gasteiger partial charge in [-0.2, -0.15) is 0 Å². The molecule has 0 fully saturated rings. The van der Waals surface area contributed by atoms with Crippen LogP contribution < -0.4 is 5.32 Å². The molecule has 0 unspecified atom stereocenters. The molecular weight excluding hydrogens is 250 g/mol. The maximum Gasteiger partial charge on any atom is 0.224 e. The zero-order valence-electron chi connectivity index (χ0n) is 11.6. The number of ketones is 1. The third-order valence-electron chi connectivity index (χ3n) is 3.11. The first-order valence-corrected chi connectivity index (χ1v) is 6.61. The van der Waals surface area contributed by atoms with Crippen molar-refractivity contribution in [2.24, 2.45) is 0 Å². The van der Waals surface area contributed by atoms with Crippen LogP contribution in [0.5, 0.6) is 0 Å². The van der Waals surface area contributed by atoms with Gasteiger partial charge in [-0.25, -0.2) is 0 Å². The number of hydrogen-bond acceptors (Lipinski definition) is 2. The van der Waals surface area contributed by atoms with E-state index >= 15 is 0 Å². The summed E-state index contributed by atoms with van der Waals surface area (Å²) in [6, 6.07) is 15.2. The maximum atomic E-state index is 11.3. The van der Waals surface area contributed by atoms with Crippen LogP contribution >= 0.6 is 0 Å². The molecule has 0 aliphatic heterocycles. The number of benzene rings is 2. The van der Waals surface area contributed by atoms with Crippen LogP contribution in [-0.4, -0.2) is 11.7 Å². The topological polar surface area (TPSA) is 46.2 Å². The first kappa shape index (κ1) is 14.0. The van der Waals surface area contributed by atoms with Crippen molar-refractivity contribution in [3.05, 3.63) is 54.1 Å². The minimum absolute atomic E-state index is 0.00330. The Labute approximate surface area is 118 Å². The van der Waals surface area contributed by atoms with E-state index in [1.807, 2.05) is 55.5 Å². The highest BCUT2D eigenvalue weighted by molar-refractivity contribution is 5.94. The molecule has 1 N–H and O–H groups in total. The summed E-state index contributed by atoms with van der Waals surface area (Å²) in [5.74, 6) is 0.0673. The molecule has 0 atom stereocenters. The lowest BCUT2D eigenvalue weighted by molar-refractivity contribution is -0.115. The van der Waals surface area contributed by atoms with E-state index in [0.717, 1.165) is 16.8 Å². The fourth-order valence-corrected chi connectivity index (χ4v) is 1.89. The predicted molar refractivity (Wildman–Crippen MR) is 80.8 cm³/mol. The third-order valence-corrected chi connectivity index (χ3v) is 3.11. The van der Waals surface area contributed by atoms with Crippen LogP contribution in [0.3, 0.4) is 0 Å². The van der Waals surface area contributed by atoms with Gasteiger partial charge in [0.05, 0.1) is 0 Å². The van der Waals surface area contributed by atoms with Crippen molar-refractivity contribution in [2.45, 2.75) is 20.3 Å². The molecule has 3 nitrogen and oxygen atoms in total. The Morgan fingerprint density at radius 2 is 1.40 bits per heavy atom. The average Bonchev–Trinajstić information content (AvgIpc) is 2.48. The molecule has 0 heterocycles. The molecule has 1 amide bonds. The van der Waals surface area contributed by atoms with Gasteiger partial charge in [0.25, 0.3) is 0 Å². The van der Waals surface area contributed by atoms with Gasteiger partial charge in [0.1, 0.15) is 0 Å². The Hall–Kier alpha value is -2.42. The summed E-state index contributed by atoms with van der Waals surface area (Å²) in [4.78, 5) is 22.5. The number of anilines is 1. The minimum Gasteiger partial charge on any atom is -0.326 e. The highest BCUT2D eigenvalue weighted by atomic mass is 16.1. The molecular formula is C17H17NO2. The molecule has 2 rings (SSSR count). The lowest BCUT2D eigenvalue weighted by atomic mass is 10.0. The number of hydrogen-bond donors (Lipinski definition) is 1. The lowest BCUT2D eigenvalue weighted by Crippen LogP contribution is -2.08. The van der Waals surface area contributed by atoms with Gasteiger partial charge in [-0.05, 0) is 30.2 Å². The molecule has 0 spiro atoms.